The van der Waals surface area contributed by atoms with Gasteiger partial charge < -0.3 is 16.3 Å². The molecule has 0 spiro atoms. The number of benzene rings is 1. The van der Waals surface area contributed by atoms with Crippen LogP contribution in [0.15, 0.2) is 35.5 Å². The van der Waals surface area contributed by atoms with E-state index in [0.717, 1.165) is 0 Å². The number of nitrogens with zero attached hydrogens (tertiary/aromatic N) is 1. The van der Waals surface area contributed by atoms with Gasteiger partial charge >= 0.3 is 0 Å². The molecule has 1 aromatic rings. The summed E-state index contributed by atoms with van der Waals surface area (Å²) >= 11 is 0. The Balaban J connectivity index is 2.06. The maximum Gasteiger partial charge on any atom is 0.141 e. The normalized spacial score (nSPS) is 19.0. The minimum absolute atomic E-state index is 0.130. The monoisotopic (exact) mass is 247 g/mol. The van der Waals surface area contributed by atoms with E-state index in [1.165, 1.54) is 31.2 Å². The van der Waals surface area contributed by atoms with E-state index >= 15 is 0 Å². The molecule has 1 saturated carbocycles. The summed E-state index contributed by atoms with van der Waals surface area (Å²) in [5, 5.41) is 15.4. The molecule has 1 aromatic carbocycles. The molecular formula is C14H21N3O. The second-order valence-electron chi connectivity index (χ2n) is 4.91. The van der Waals surface area contributed by atoms with Crippen LogP contribution >= 0.6 is 0 Å². The highest BCUT2D eigenvalue weighted by atomic mass is 16.4. The third-order valence-electron chi connectivity index (χ3n) is 3.54. The van der Waals surface area contributed by atoms with Gasteiger partial charge in [-0.05, 0) is 18.4 Å². The van der Waals surface area contributed by atoms with Crippen molar-refractivity contribution in [2.45, 2.75) is 44.2 Å². The first-order valence-electron chi connectivity index (χ1n) is 6.57. The van der Waals surface area contributed by atoms with Gasteiger partial charge in [0.1, 0.15) is 5.84 Å². The highest BCUT2D eigenvalue weighted by molar-refractivity contribution is 5.80. The number of amidine groups is 1. The zero-order valence-corrected chi connectivity index (χ0v) is 10.5. The first kappa shape index (κ1) is 12.9. The lowest BCUT2D eigenvalue weighted by molar-refractivity contribution is 0.315. The van der Waals surface area contributed by atoms with Crippen LogP contribution in [-0.2, 0) is 0 Å². The summed E-state index contributed by atoms with van der Waals surface area (Å²) in [5.74, 6) is 0.273. The summed E-state index contributed by atoms with van der Waals surface area (Å²) in [6.07, 6.45) is 5.57. The van der Waals surface area contributed by atoms with Crippen LogP contribution < -0.4 is 11.1 Å². The van der Waals surface area contributed by atoms with Crippen LogP contribution in [0.1, 0.15) is 43.7 Å². The van der Waals surface area contributed by atoms with E-state index in [-0.39, 0.29) is 11.9 Å². The largest absolute Gasteiger partial charge is 0.409 e. The predicted molar refractivity (Wildman–Crippen MR) is 72.6 cm³/mol. The maximum absolute atomic E-state index is 8.73. The first-order valence-corrected chi connectivity index (χ1v) is 6.57. The van der Waals surface area contributed by atoms with E-state index in [2.05, 4.69) is 22.6 Å². The molecule has 0 amide bonds. The number of nitrogens with two attached hydrogens (primary N) is 1. The van der Waals surface area contributed by atoms with Crippen molar-refractivity contribution in [2.75, 3.05) is 0 Å². The molecule has 0 bridgehead atoms. The molecule has 0 saturated heterocycles. The molecule has 1 aliphatic carbocycles. The van der Waals surface area contributed by atoms with Crippen LogP contribution in [0.3, 0.4) is 0 Å². The standard InChI is InChI=1S/C14H21N3O/c15-14(17-18)10-13(11-6-2-1-3-7-11)16-12-8-4-5-9-12/h1-3,6-7,12-13,16,18H,4-5,8-10H2,(H2,15,17). The number of hydrogen-bond acceptors (Lipinski definition) is 3. The molecule has 18 heavy (non-hydrogen) atoms. The quantitative estimate of drug-likeness (QED) is 0.324. The SMILES string of the molecule is N/C(CC(NC1CCCC1)c1ccccc1)=N\O. The van der Waals surface area contributed by atoms with Gasteiger partial charge in [-0.3, -0.25) is 0 Å². The van der Waals surface area contributed by atoms with Crippen molar-refractivity contribution < 1.29 is 5.21 Å². The van der Waals surface area contributed by atoms with Crippen molar-refractivity contribution in [3.8, 4) is 0 Å². The van der Waals surface area contributed by atoms with Gasteiger partial charge in [0.25, 0.3) is 0 Å². The molecular weight excluding hydrogens is 226 g/mol. The Bertz CT molecular complexity index is 385. The van der Waals surface area contributed by atoms with Gasteiger partial charge in [-0.2, -0.15) is 0 Å². The summed E-state index contributed by atoms with van der Waals surface area (Å²) in [6.45, 7) is 0. The van der Waals surface area contributed by atoms with Gasteiger partial charge in [0.15, 0.2) is 0 Å². The zero-order chi connectivity index (χ0) is 12.8. The molecule has 1 fully saturated rings. The van der Waals surface area contributed by atoms with Crippen LogP contribution in [0.4, 0.5) is 0 Å². The smallest absolute Gasteiger partial charge is 0.141 e. The molecule has 4 N–H and O–H groups in total. The minimum atomic E-state index is 0.130. The highest BCUT2D eigenvalue weighted by Gasteiger charge is 2.21. The van der Waals surface area contributed by atoms with Crippen LogP contribution in [0, 0.1) is 0 Å². The van der Waals surface area contributed by atoms with Gasteiger partial charge in [0.2, 0.25) is 0 Å². The van der Waals surface area contributed by atoms with Crippen molar-refractivity contribution in [3.05, 3.63) is 35.9 Å². The van der Waals surface area contributed by atoms with E-state index in [9.17, 15) is 0 Å². The second-order valence-corrected chi connectivity index (χ2v) is 4.91. The molecule has 4 heteroatoms. The molecule has 1 atom stereocenters. The molecule has 0 heterocycles. The Hall–Kier alpha value is -1.55. The Labute approximate surface area is 108 Å². The van der Waals surface area contributed by atoms with E-state index in [1.807, 2.05) is 18.2 Å². The summed E-state index contributed by atoms with van der Waals surface area (Å²) in [4.78, 5) is 0. The summed E-state index contributed by atoms with van der Waals surface area (Å²) in [6, 6.07) is 10.9. The van der Waals surface area contributed by atoms with Crippen molar-refractivity contribution >= 4 is 5.84 Å². The lowest BCUT2D eigenvalue weighted by atomic mass is 10.0. The fourth-order valence-corrected chi connectivity index (χ4v) is 2.59. The second kappa shape index (κ2) is 6.40. The number of rotatable bonds is 5. The lowest BCUT2D eigenvalue weighted by Gasteiger charge is -2.23. The fraction of sp³-hybridized carbons (Fsp3) is 0.500. The van der Waals surface area contributed by atoms with E-state index in [4.69, 9.17) is 10.9 Å². The highest BCUT2D eigenvalue weighted by Crippen LogP contribution is 2.24. The van der Waals surface area contributed by atoms with Crippen LogP contribution in [0.25, 0.3) is 0 Å². The van der Waals surface area contributed by atoms with Gasteiger partial charge in [-0.1, -0.05) is 48.3 Å². The number of oxime groups is 1. The third kappa shape index (κ3) is 3.47. The fourth-order valence-electron chi connectivity index (χ4n) is 2.59. The number of nitrogens with one attached hydrogen (secondary N) is 1. The molecule has 0 aliphatic heterocycles. The van der Waals surface area contributed by atoms with Crippen molar-refractivity contribution in [2.24, 2.45) is 10.9 Å². The van der Waals surface area contributed by atoms with Crippen molar-refractivity contribution in [1.82, 2.24) is 5.32 Å². The Kier molecular flexibility index (Phi) is 4.59. The van der Waals surface area contributed by atoms with Crippen molar-refractivity contribution in [3.63, 3.8) is 0 Å². The molecule has 4 nitrogen and oxygen atoms in total. The predicted octanol–water partition coefficient (Wildman–Crippen LogP) is 2.40. The van der Waals surface area contributed by atoms with Crippen molar-refractivity contribution in [1.29, 1.82) is 0 Å². The zero-order valence-electron chi connectivity index (χ0n) is 10.5. The van der Waals surface area contributed by atoms with E-state index in [0.29, 0.717) is 12.5 Å². The van der Waals surface area contributed by atoms with E-state index in [1.54, 1.807) is 0 Å². The lowest BCUT2D eigenvalue weighted by Crippen LogP contribution is -2.33. The van der Waals surface area contributed by atoms with Gasteiger partial charge in [-0.15, -0.1) is 0 Å². The van der Waals surface area contributed by atoms with Crippen LogP contribution in [0.5, 0.6) is 0 Å². The third-order valence-corrected chi connectivity index (χ3v) is 3.54. The molecule has 0 radical (unpaired) electrons. The topological polar surface area (TPSA) is 70.6 Å². The molecule has 1 aliphatic rings. The van der Waals surface area contributed by atoms with E-state index < -0.39 is 0 Å². The van der Waals surface area contributed by atoms with Crippen LogP contribution in [-0.4, -0.2) is 17.1 Å². The summed E-state index contributed by atoms with van der Waals surface area (Å²) in [7, 11) is 0. The molecule has 1 unspecified atom stereocenters. The van der Waals surface area contributed by atoms with Gasteiger partial charge in [-0.25, -0.2) is 0 Å². The summed E-state index contributed by atoms with van der Waals surface area (Å²) < 4.78 is 0. The average Bonchev–Trinajstić information content (AvgIpc) is 2.92. The Morgan fingerprint density at radius 2 is 2.00 bits per heavy atom. The molecule has 2 rings (SSSR count). The number of hydrogen-bond donors (Lipinski definition) is 3. The minimum Gasteiger partial charge on any atom is -0.409 e. The Morgan fingerprint density at radius 1 is 1.33 bits per heavy atom. The first-order chi connectivity index (χ1) is 8.79. The summed E-state index contributed by atoms with van der Waals surface area (Å²) in [5.41, 5.74) is 6.84. The van der Waals surface area contributed by atoms with Gasteiger partial charge in [0, 0.05) is 18.5 Å². The average molecular weight is 247 g/mol. The molecule has 98 valence electrons. The maximum atomic E-state index is 8.73. The molecule has 0 aromatic heterocycles. The van der Waals surface area contributed by atoms with Gasteiger partial charge in [0.05, 0.1) is 0 Å². The van der Waals surface area contributed by atoms with Crippen LogP contribution in [0.2, 0.25) is 0 Å². The Morgan fingerprint density at radius 3 is 2.61 bits per heavy atom.